The molecule has 1 atom stereocenters. The van der Waals surface area contributed by atoms with Gasteiger partial charge in [0.05, 0.1) is 23.2 Å². The third-order valence-electron chi connectivity index (χ3n) is 4.29. The number of benzene rings is 1. The standard InChI is InChI=1S/C20H17BrF4N2O3/c21-16-9-13(1-4-17(16)22)2-6-19(28)27-7-8-29-15(11-27)12-30-18-5-3-14(10-26-18)20(23,24)25/h1-6,9-10,15H,7-8,11-12H2/b6-2+. The number of nitrogens with zero attached hydrogens (tertiary/aromatic N) is 2. The molecular weight excluding hydrogens is 472 g/mol. The first kappa shape index (κ1) is 22.2. The van der Waals surface area contributed by atoms with E-state index in [1.165, 1.54) is 12.1 Å². The molecule has 2 aromatic rings. The summed E-state index contributed by atoms with van der Waals surface area (Å²) in [5.74, 6) is -0.592. The molecule has 5 nitrogen and oxygen atoms in total. The molecule has 10 heteroatoms. The molecule has 1 saturated heterocycles. The van der Waals surface area contributed by atoms with Crippen LogP contribution in [-0.2, 0) is 15.7 Å². The van der Waals surface area contributed by atoms with Crippen LogP contribution in [0.1, 0.15) is 11.1 Å². The lowest BCUT2D eigenvalue weighted by Crippen LogP contribution is -2.47. The van der Waals surface area contributed by atoms with Crippen LogP contribution in [0.4, 0.5) is 17.6 Å². The third kappa shape index (κ3) is 6.02. The number of amides is 1. The summed E-state index contributed by atoms with van der Waals surface area (Å²) in [6.45, 7) is 0.995. The Morgan fingerprint density at radius 2 is 2.13 bits per heavy atom. The lowest BCUT2D eigenvalue weighted by Gasteiger charge is -2.32. The molecule has 1 fully saturated rings. The van der Waals surface area contributed by atoms with Crippen molar-refractivity contribution in [2.24, 2.45) is 0 Å². The van der Waals surface area contributed by atoms with Crippen LogP contribution in [0.2, 0.25) is 0 Å². The van der Waals surface area contributed by atoms with Crippen molar-refractivity contribution < 1.29 is 31.8 Å². The maximum absolute atomic E-state index is 13.3. The summed E-state index contributed by atoms with van der Waals surface area (Å²) >= 11 is 3.09. The zero-order chi connectivity index (χ0) is 21.7. The number of alkyl halides is 3. The SMILES string of the molecule is O=C(/C=C/c1ccc(F)c(Br)c1)N1CCOC(COc2ccc(C(F)(F)F)cn2)C1. The Morgan fingerprint density at radius 1 is 1.33 bits per heavy atom. The van der Waals surface area contributed by atoms with Crippen LogP contribution in [0, 0.1) is 5.82 Å². The molecule has 0 bridgehead atoms. The number of hydrogen-bond donors (Lipinski definition) is 0. The van der Waals surface area contributed by atoms with Gasteiger partial charge in [0.2, 0.25) is 11.8 Å². The molecule has 0 saturated carbocycles. The average Bonchev–Trinajstić information content (AvgIpc) is 2.73. The van der Waals surface area contributed by atoms with E-state index >= 15 is 0 Å². The van der Waals surface area contributed by atoms with Gasteiger partial charge in [0, 0.05) is 24.9 Å². The number of rotatable bonds is 5. The number of halogens is 5. The van der Waals surface area contributed by atoms with Crippen LogP contribution in [0.15, 0.2) is 47.1 Å². The summed E-state index contributed by atoms with van der Waals surface area (Å²) in [6, 6.07) is 6.44. The van der Waals surface area contributed by atoms with Gasteiger partial charge in [-0.15, -0.1) is 0 Å². The van der Waals surface area contributed by atoms with Gasteiger partial charge in [-0.3, -0.25) is 4.79 Å². The van der Waals surface area contributed by atoms with Gasteiger partial charge < -0.3 is 14.4 Å². The van der Waals surface area contributed by atoms with E-state index in [1.807, 2.05) is 0 Å². The predicted molar refractivity (Wildman–Crippen MR) is 104 cm³/mol. The first-order valence-corrected chi connectivity index (χ1v) is 9.71. The molecule has 30 heavy (non-hydrogen) atoms. The Morgan fingerprint density at radius 3 is 2.80 bits per heavy atom. The molecule has 0 radical (unpaired) electrons. The van der Waals surface area contributed by atoms with Crippen LogP contribution in [0.3, 0.4) is 0 Å². The van der Waals surface area contributed by atoms with Crippen LogP contribution in [-0.4, -0.2) is 48.2 Å². The van der Waals surface area contributed by atoms with Crippen molar-refractivity contribution in [2.75, 3.05) is 26.3 Å². The molecule has 1 unspecified atom stereocenters. The summed E-state index contributed by atoms with van der Waals surface area (Å²) in [6.07, 6.45) is -1.23. The van der Waals surface area contributed by atoms with E-state index in [4.69, 9.17) is 9.47 Å². The third-order valence-corrected chi connectivity index (χ3v) is 4.90. The van der Waals surface area contributed by atoms with E-state index in [2.05, 4.69) is 20.9 Å². The number of morpholine rings is 1. The molecule has 0 aliphatic carbocycles. The Hall–Kier alpha value is -2.46. The Bertz CT molecular complexity index is 919. The van der Waals surface area contributed by atoms with Gasteiger partial charge in [-0.2, -0.15) is 13.2 Å². The second-order valence-corrected chi connectivity index (χ2v) is 7.33. The van der Waals surface area contributed by atoms with E-state index in [1.54, 1.807) is 23.1 Å². The molecule has 1 aliphatic heterocycles. The highest BCUT2D eigenvalue weighted by Crippen LogP contribution is 2.29. The average molecular weight is 489 g/mol. The quantitative estimate of drug-likeness (QED) is 0.464. The van der Waals surface area contributed by atoms with E-state index in [9.17, 15) is 22.4 Å². The van der Waals surface area contributed by atoms with Crippen LogP contribution in [0.5, 0.6) is 5.88 Å². The highest BCUT2D eigenvalue weighted by atomic mass is 79.9. The number of carbonyl (C=O) groups is 1. The van der Waals surface area contributed by atoms with E-state index in [0.29, 0.717) is 29.4 Å². The fourth-order valence-corrected chi connectivity index (χ4v) is 3.12. The van der Waals surface area contributed by atoms with E-state index in [-0.39, 0.29) is 24.9 Å². The lowest BCUT2D eigenvalue weighted by molar-refractivity contribution is -0.137. The van der Waals surface area contributed by atoms with Gasteiger partial charge in [0.15, 0.2) is 0 Å². The molecule has 1 aromatic heterocycles. The first-order valence-electron chi connectivity index (χ1n) is 8.92. The summed E-state index contributed by atoms with van der Waals surface area (Å²) in [5.41, 5.74) is -0.196. The number of pyridine rings is 1. The number of carbonyl (C=O) groups excluding carboxylic acids is 1. The summed E-state index contributed by atoms with van der Waals surface area (Å²) < 4.78 is 62.2. The van der Waals surface area contributed by atoms with Crippen LogP contribution >= 0.6 is 15.9 Å². The lowest BCUT2D eigenvalue weighted by atomic mass is 10.2. The molecular formula is C20H17BrF4N2O3. The molecule has 160 valence electrons. The zero-order valence-corrected chi connectivity index (χ0v) is 17.1. The van der Waals surface area contributed by atoms with Crippen LogP contribution in [0.25, 0.3) is 6.08 Å². The van der Waals surface area contributed by atoms with Crippen molar-refractivity contribution in [1.29, 1.82) is 0 Å². The van der Waals surface area contributed by atoms with E-state index < -0.39 is 23.7 Å². The Labute approximate surface area is 178 Å². The number of hydrogen-bond acceptors (Lipinski definition) is 4. The smallest absolute Gasteiger partial charge is 0.417 e. The summed E-state index contributed by atoms with van der Waals surface area (Å²) in [7, 11) is 0. The van der Waals surface area contributed by atoms with Crippen molar-refractivity contribution >= 4 is 27.9 Å². The number of ether oxygens (including phenoxy) is 2. The van der Waals surface area contributed by atoms with Crippen molar-refractivity contribution in [3.8, 4) is 5.88 Å². The molecule has 0 spiro atoms. The van der Waals surface area contributed by atoms with Crippen molar-refractivity contribution in [3.63, 3.8) is 0 Å². The minimum absolute atomic E-state index is 0.0385. The monoisotopic (exact) mass is 488 g/mol. The minimum Gasteiger partial charge on any atom is -0.475 e. The van der Waals surface area contributed by atoms with Crippen molar-refractivity contribution in [2.45, 2.75) is 12.3 Å². The molecule has 3 rings (SSSR count). The first-order chi connectivity index (χ1) is 14.2. The normalized spacial score (nSPS) is 17.4. The molecule has 1 aliphatic rings. The van der Waals surface area contributed by atoms with Crippen molar-refractivity contribution in [3.05, 3.63) is 64.0 Å². The molecule has 1 amide bonds. The maximum atomic E-state index is 13.3. The molecule has 2 heterocycles. The summed E-state index contributed by atoms with van der Waals surface area (Å²) in [5, 5.41) is 0. The molecule has 0 N–H and O–H groups in total. The van der Waals surface area contributed by atoms with Gasteiger partial charge in [0.25, 0.3) is 0 Å². The van der Waals surface area contributed by atoms with Crippen molar-refractivity contribution in [1.82, 2.24) is 9.88 Å². The van der Waals surface area contributed by atoms with Gasteiger partial charge in [-0.25, -0.2) is 9.37 Å². The largest absolute Gasteiger partial charge is 0.475 e. The Balaban J connectivity index is 1.52. The number of aromatic nitrogens is 1. The zero-order valence-electron chi connectivity index (χ0n) is 15.5. The fourth-order valence-electron chi connectivity index (χ4n) is 2.72. The van der Waals surface area contributed by atoms with Gasteiger partial charge in [-0.05, 0) is 45.8 Å². The van der Waals surface area contributed by atoms with Gasteiger partial charge >= 0.3 is 6.18 Å². The fraction of sp³-hybridized carbons (Fsp3) is 0.300. The topological polar surface area (TPSA) is 51.7 Å². The second-order valence-electron chi connectivity index (χ2n) is 6.48. The second kappa shape index (κ2) is 9.57. The van der Waals surface area contributed by atoms with Crippen LogP contribution < -0.4 is 4.74 Å². The Kier molecular flexibility index (Phi) is 7.09. The van der Waals surface area contributed by atoms with Gasteiger partial charge in [0.1, 0.15) is 18.5 Å². The summed E-state index contributed by atoms with van der Waals surface area (Å²) in [4.78, 5) is 17.6. The highest BCUT2D eigenvalue weighted by molar-refractivity contribution is 9.10. The minimum atomic E-state index is -4.46. The highest BCUT2D eigenvalue weighted by Gasteiger charge is 2.31. The maximum Gasteiger partial charge on any atom is 0.417 e. The predicted octanol–water partition coefficient (Wildman–Crippen LogP) is 4.32. The molecule has 1 aromatic carbocycles. The van der Waals surface area contributed by atoms with E-state index in [0.717, 1.165) is 12.1 Å². The van der Waals surface area contributed by atoms with Gasteiger partial charge in [-0.1, -0.05) is 6.07 Å².